The number of carbonyl (C=O) groups is 2. The Kier molecular flexibility index (Phi) is 6.02. The molecule has 1 fully saturated rings. The van der Waals surface area contributed by atoms with Gasteiger partial charge in [-0.25, -0.2) is 9.59 Å². The van der Waals surface area contributed by atoms with Gasteiger partial charge in [0.05, 0.1) is 7.11 Å². The number of benzene rings is 1. The second-order valence-corrected chi connectivity index (χ2v) is 6.30. The molecule has 1 heterocycles. The Balaban J connectivity index is 2.00. The number of hydrogen-bond donors (Lipinski definition) is 0. The maximum atomic E-state index is 12.4. The third-order valence-corrected chi connectivity index (χ3v) is 4.50. The fraction of sp³-hybridized carbons (Fsp3) is 0.556. The minimum Gasteiger partial charge on any atom is -0.467 e. The van der Waals surface area contributed by atoms with Crippen molar-refractivity contribution in [2.75, 3.05) is 13.7 Å². The van der Waals surface area contributed by atoms with Crippen LogP contribution in [0.25, 0.3) is 0 Å². The summed E-state index contributed by atoms with van der Waals surface area (Å²) in [6, 6.07) is 8.95. The number of amides is 1. The Bertz CT molecular complexity index is 529. The van der Waals surface area contributed by atoms with E-state index >= 15 is 0 Å². The van der Waals surface area contributed by atoms with E-state index in [4.69, 9.17) is 9.47 Å². The van der Waals surface area contributed by atoms with Crippen molar-refractivity contribution in [1.82, 2.24) is 4.90 Å². The van der Waals surface area contributed by atoms with Crippen LogP contribution in [0.5, 0.6) is 0 Å². The standard InChI is InChI=1S/C18H25NO4/c1-13(2)15-9-10-19(16(11-15)17(20)22-3)18(21)23-12-14-7-5-4-6-8-14/h4-8,13,15-16H,9-12H2,1-3H3/t15-,16+/m0/s1. The van der Waals surface area contributed by atoms with Crippen molar-refractivity contribution >= 4 is 12.1 Å². The van der Waals surface area contributed by atoms with Crippen molar-refractivity contribution in [3.8, 4) is 0 Å². The van der Waals surface area contributed by atoms with Crippen LogP contribution in [-0.2, 0) is 20.9 Å². The lowest BCUT2D eigenvalue weighted by atomic mass is 9.83. The van der Waals surface area contributed by atoms with Crippen LogP contribution in [0, 0.1) is 11.8 Å². The van der Waals surface area contributed by atoms with Crippen molar-refractivity contribution in [3.63, 3.8) is 0 Å². The molecule has 0 aliphatic carbocycles. The SMILES string of the molecule is COC(=O)[C@H]1C[C@@H](C(C)C)CCN1C(=O)OCc1ccccc1. The number of likely N-dealkylation sites (tertiary alicyclic amines) is 1. The van der Waals surface area contributed by atoms with Gasteiger partial charge in [0, 0.05) is 6.54 Å². The summed E-state index contributed by atoms with van der Waals surface area (Å²) in [5.41, 5.74) is 0.924. The van der Waals surface area contributed by atoms with E-state index in [0.717, 1.165) is 12.0 Å². The predicted molar refractivity (Wildman–Crippen MR) is 86.7 cm³/mol. The van der Waals surface area contributed by atoms with Crippen LogP contribution in [0.4, 0.5) is 4.79 Å². The number of hydrogen-bond acceptors (Lipinski definition) is 4. The van der Waals surface area contributed by atoms with Crippen LogP contribution >= 0.6 is 0 Å². The fourth-order valence-corrected chi connectivity index (χ4v) is 2.98. The molecule has 126 valence electrons. The molecule has 0 bridgehead atoms. The van der Waals surface area contributed by atoms with E-state index in [9.17, 15) is 9.59 Å². The molecule has 0 radical (unpaired) electrons. The van der Waals surface area contributed by atoms with E-state index in [0.29, 0.717) is 24.8 Å². The van der Waals surface area contributed by atoms with Gasteiger partial charge in [-0.05, 0) is 30.2 Å². The highest BCUT2D eigenvalue weighted by Crippen LogP contribution is 2.29. The maximum Gasteiger partial charge on any atom is 0.410 e. The molecule has 5 heteroatoms. The van der Waals surface area contributed by atoms with Crippen molar-refractivity contribution in [3.05, 3.63) is 35.9 Å². The lowest BCUT2D eigenvalue weighted by molar-refractivity contribution is -0.148. The summed E-state index contributed by atoms with van der Waals surface area (Å²) in [4.78, 5) is 25.9. The van der Waals surface area contributed by atoms with Crippen LogP contribution in [0.3, 0.4) is 0 Å². The predicted octanol–water partition coefficient (Wildman–Crippen LogP) is 3.23. The lowest BCUT2D eigenvalue weighted by Gasteiger charge is -2.38. The summed E-state index contributed by atoms with van der Waals surface area (Å²) in [6.07, 6.45) is 1.06. The zero-order valence-electron chi connectivity index (χ0n) is 14.0. The molecule has 23 heavy (non-hydrogen) atoms. The van der Waals surface area contributed by atoms with Crippen molar-refractivity contribution in [2.24, 2.45) is 11.8 Å². The largest absolute Gasteiger partial charge is 0.467 e. The van der Waals surface area contributed by atoms with E-state index < -0.39 is 12.1 Å². The first-order valence-corrected chi connectivity index (χ1v) is 8.08. The van der Waals surface area contributed by atoms with Gasteiger partial charge in [0.15, 0.2) is 0 Å². The average Bonchev–Trinajstić information content (AvgIpc) is 2.59. The van der Waals surface area contributed by atoms with E-state index in [1.165, 1.54) is 12.0 Å². The minimum absolute atomic E-state index is 0.206. The number of rotatable bonds is 4. The smallest absolute Gasteiger partial charge is 0.410 e. The van der Waals surface area contributed by atoms with Gasteiger partial charge in [0.2, 0.25) is 0 Å². The van der Waals surface area contributed by atoms with Crippen molar-refractivity contribution < 1.29 is 19.1 Å². The van der Waals surface area contributed by atoms with E-state index in [-0.39, 0.29) is 12.6 Å². The van der Waals surface area contributed by atoms with E-state index in [1.54, 1.807) is 0 Å². The molecule has 1 amide bonds. The van der Waals surface area contributed by atoms with Gasteiger partial charge in [-0.1, -0.05) is 44.2 Å². The normalized spacial score (nSPS) is 21.1. The Morgan fingerprint density at radius 3 is 2.57 bits per heavy atom. The topological polar surface area (TPSA) is 55.8 Å². The van der Waals surface area contributed by atoms with Crippen LogP contribution in [-0.4, -0.2) is 36.7 Å². The highest BCUT2D eigenvalue weighted by atomic mass is 16.6. The first-order chi connectivity index (χ1) is 11.0. The number of ether oxygens (including phenoxy) is 2. The number of methoxy groups -OCH3 is 1. The van der Waals surface area contributed by atoms with Gasteiger partial charge in [-0.15, -0.1) is 0 Å². The number of esters is 1. The lowest BCUT2D eigenvalue weighted by Crippen LogP contribution is -2.51. The molecule has 1 aromatic rings. The Labute approximate surface area is 137 Å². The second kappa shape index (κ2) is 7.99. The molecule has 0 saturated carbocycles. The van der Waals surface area contributed by atoms with Gasteiger partial charge in [-0.3, -0.25) is 4.90 Å². The zero-order valence-corrected chi connectivity index (χ0v) is 14.0. The van der Waals surface area contributed by atoms with Crippen LogP contribution < -0.4 is 0 Å². The van der Waals surface area contributed by atoms with E-state index in [2.05, 4.69) is 13.8 Å². The molecule has 1 aromatic carbocycles. The molecule has 0 spiro atoms. The first kappa shape index (κ1) is 17.3. The highest BCUT2D eigenvalue weighted by molar-refractivity contribution is 5.81. The average molecular weight is 319 g/mol. The minimum atomic E-state index is -0.551. The Morgan fingerprint density at radius 1 is 1.26 bits per heavy atom. The summed E-state index contributed by atoms with van der Waals surface area (Å²) in [7, 11) is 1.36. The molecule has 0 N–H and O–H groups in total. The van der Waals surface area contributed by atoms with Crippen LogP contribution in [0.15, 0.2) is 30.3 Å². The highest BCUT2D eigenvalue weighted by Gasteiger charge is 2.38. The third-order valence-electron chi connectivity index (χ3n) is 4.50. The fourth-order valence-electron chi connectivity index (χ4n) is 2.98. The number of piperidine rings is 1. The summed E-state index contributed by atoms with van der Waals surface area (Å²) < 4.78 is 10.2. The molecule has 1 aliphatic rings. The molecule has 0 unspecified atom stereocenters. The molecule has 2 atom stereocenters. The van der Waals surface area contributed by atoms with Gasteiger partial charge in [-0.2, -0.15) is 0 Å². The molecule has 5 nitrogen and oxygen atoms in total. The van der Waals surface area contributed by atoms with Gasteiger partial charge in [0.25, 0.3) is 0 Å². The maximum absolute atomic E-state index is 12.4. The van der Waals surface area contributed by atoms with Gasteiger partial charge in [0.1, 0.15) is 12.6 Å². The molecule has 0 aromatic heterocycles. The van der Waals surface area contributed by atoms with Crippen LogP contribution in [0.1, 0.15) is 32.3 Å². The monoisotopic (exact) mass is 319 g/mol. The molecule has 1 aliphatic heterocycles. The number of nitrogens with zero attached hydrogens (tertiary/aromatic N) is 1. The Morgan fingerprint density at radius 2 is 1.96 bits per heavy atom. The van der Waals surface area contributed by atoms with Crippen LogP contribution in [0.2, 0.25) is 0 Å². The van der Waals surface area contributed by atoms with E-state index in [1.807, 2.05) is 30.3 Å². The molecule has 2 rings (SSSR count). The quantitative estimate of drug-likeness (QED) is 0.800. The van der Waals surface area contributed by atoms with Crippen molar-refractivity contribution in [2.45, 2.75) is 39.3 Å². The van der Waals surface area contributed by atoms with Crippen molar-refractivity contribution in [1.29, 1.82) is 0 Å². The molecular weight excluding hydrogens is 294 g/mol. The zero-order chi connectivity index (χ0) is 16.8. The summed E-state index contributed by atoms with van der Waals surface area (Å²) in [5.74, 6) is 0.522. The molecular formula is C18H25NO4. The molecule has 1 saturated heterocycles. The number of carbonyl (C=O) groups excluding carboxylic acids is 2. The van der Waals surface area contributed by atoms with Gasteiger partial charge < -0.3 is 9.47 Å². The summed E-state index contributed by atoms with van der Waals surface area (Å²) >= 11 is 0. The third kappa shape index (κ3) is 4.47. The Hall–Kier alpha value is -2.04. The van der Waals surface area contributed by atoms with Gasteiger partial charge >= 0.3 is 12.1 Å². The second-order valence-electron chi connectivity index (χ2n) is 6.30. The first-order valence-electron chi connectivity index (χ1n) is 8.08. The summed E-state index contributed by atoms with van der Waals surface area (Å²) in [6.45, 7) is 5.01. The summed E-state index contributed by atoms with van der Waals surface area (Å²) in [5, 5.41) is 0.